The Balaban J connectivity index is 2.55. The molecule has 1 aromatic carbocycles. The first kappa shape index (κ1) is 8.62. The van der Waals surface area contributed by atoms with Gasteiger partial charge in [0.1, 0.15) is 0 Å². The van der Waals surface area contributed by atoms with Crippen molar-refractivity contribution in [1.82, 2.24) is 10.2 Å². The van der Waals surface area contributed by atoms with Crippen LogP contribution in [0.1, 0.15) is 16.2 Å². The largest absolute Gasteiger partial charge is 0.421 e. The Morgan fingerprint density at radius 2 is 2.07 bits per heavy atom. The molecular weight excluding hydrogens is 180 g/mol. The van der Waals surface area contributed by atoms with Gasteiger partial charge in [0, 0.05) is 18.1 Å². The van der Waals surface area contributed by atoms with Crippen LogP contribution < -0.4 is 0 Å². The van der Waals surface area contributed by atoms with E-state index in [1.165, 1.54) is 0 Å². The first-order valence-electron chi connectivity index (χ1n) is 4.16. The third kappa shape index (κ3) is 1.42. The predicted octanol–water partition coefficient (Wildman–Crippen LogP) is 1.86. The molecule has 0 fully saturated rings. The van der Waals surface area contributed by atoms with Crippen LogP contribution in [0, 0.1) is 6.92 Å². The summed E-state index contributed by atoms with van der Waals surface area (Å²) in [5, 5.41) is 7.55. The number of rotatable bonds is 2. The smallest absolute Gasteiger partial charge is 0.248 e. The zero-order valence-corrected chi connectivity index (χ0v) is 7.60. The number of aryl methyl sites for hydroxylation is 1. The lowest BCUT2D eigenvalue weighted by Crippen LogP contribution is -1.86. The molecule has 70 valence electrons. The van der Waals surface area contributed by atoms with Crippen molar-refractivity contribution in [2.45, 2.75) is 6.92 Å². The Bertz CT molecular complexity index is 463. The molecule has 0 unspecified atom stereocenters. The summed E-state index contributed by atoms with van der Waals surface area (Å²) in [5.41, 5.74) is 1.22. The van der Waals surface area contributed by atoms with Crippen LogP contribution in [0.4, 0.5) is 0 Å². The van der Waals surface area contributed by atoms with Crippen molar-refractivity contribution in [1.29, 1.82) is 0 Å². The molecule has 0 aliphatic heterocycles. The van der Waals surface area contributed by atoms with Crippen molar-refractivity contribution in [3.8, 4) is 11.5 Å². The van der Waals surface area contributed by atoms with Gasteiger partial charge in [-0.1, -0.05) is 18.2 Å². The van der Waals surface area contributed by atoms with Crippen molar-refractivity contribution in [2.24, 2.45) is 0 Å². The van der Waals surface area contributed by atoms with Gasteiger partial charge in [0.15, 0.2) is 6.29 Å². The second kappa shape index (κ2) is 3.41. The van der Waals surface area contributed by atoms with E-state index in [1.54, 1.807) is 25.1 Å². The molecule has 4 nitrogen and oxygen atoms in total. The average molecular weight is 188 g/mol. The standard InChI is InChI=1S/C10H8N2O2/c1-7-11-12-10(14-7)9-5-3-2-4-8(9)6-13/h2-6H,1H3. The highest BCUT2D eigenvalue weighted by Crippen LogP contribution is 2.20. The molecule has 4 heteroatoms. The molecule has 14 heavy (non-hydrogen) atoms. The van der Waals surface area contributed by atoms with Crippen LogP contribution in [0.2, 0.25) is 0 Å². The van der Waals surface area contributed by atoms with E-state index in [0.29, 0.717) is 22.9 Å². The number of carbonyl (C=O) groups is 1. The molecule has 2 aromatic rings. The SMILES string of the molecule is Cc1nnc(-c2ccccc2C=O)o1. The molecule has 2 rings (SSSR count). The zero-order valence-electron chi connectivity index (χ0n) is 7.60. The normalized spacial score (nSPS) is 10.1. The number of hydrogen-bond acceptors (Lipinski definition) is 4. The molecule has 0 spiro atoms. The summed E-state index contributed by atoms with van der Waals surface area (Å²) in [6, 6.07) is 7.09. The molecular formula is C10H8N2O2. The first-order chi connectivity index (χ1) is 6.81. The van der Waals surface area contributed by atoms with Gasteiger partial charge >= 0.3 is 0 Å². The maximum Gasteiger partial charge on any atom is 0.248 e. The van der Waals surface area contributed by atoms with Crippen molar-refractivity contribution in [3.05, 3.63) is 35.7 Å². The van der Waals surface area contributed by atoms with Crippen LogP contribution in [-0.4, -0.2) is 16.5 Å². The maximum atomic E-state index is 10.7. The second-order valence-corrected chi connectivity index (χ2v) is 2.83. The van der Waals surface area contributed by atoms with Gasteiger partial charge < -0.3 is 4.42 Å². The molecule has 0 amide bonds. The predicted molar refractivity (Wildman–Crippen MR) is 49.9 cm³/mol. The summed E-state index contributed by atoms with van der Waals surface area (Å²) >= 11 is 0. The summed E-state index contributed by atoms with van der Waals surface area (Å²) in [6.07, 6.45) is 0.773. The number of aldehydes is 1. The van der Waals surface area contributed by atoms with Crippen molar-refractivity contribution >= 4 is 6.29 Å². The minimum atomic E-state index is 0.380. The number of nitrogens with zero attached hydrogens (tertiary/aromatic N) is 2. The minimum Gasteiger partial charge on any atom is -0.421 e. The number of carbonyl (C=O) groups excluding carboxylic acids is 1. The third-order valence-corrected chi connectivity index (χ3v) is 1.84. The third-order valence-electron chi connectivity index (χ3n) is 1.84. The van der Waals surface area contributed by atoms with E-state index in [2.05, 4.69) is 10.2 Å². The van der Waals surface area contributed by atoms with Crippen LogP contribution in [-0.2, 0) is 0 Å². The van der Waals surface area contributed by atoms with E-state index in [4.69, 9.17) is 4.42 Å². The lowest BCUT2D eigenvalue weighted by atomic mass is 10.1. The van der Waals surface area contributed by atoms with Crippen LogP contribution in [0.15, 0.2) is 28.7 Å². The summed E-state index contributed by atoms with van der Waals surface area (Å²) in [4.78, 5) is 10.7. The second-order valence-electron chi connectivity index (χ2n) is 2.83. The Morgan fingerprint density at radius 3 is 2.71 bits per heavy atom. The maximum absolute atomic E-state index is 10.7. The molecule has 0 bridgehead atoms. The molecule has 0 saturated heterocycles. The van der Waals surface area contributed by atoms with Crippen molar-refractivity contribution < 1.29 is 9.21 Å². The van der Waals surface area contributed by atoms with Crippen molar-refractivity contribution in [3.63, 3.8) is 0 Å². The molecule has 0 aliphatic rings. The minimum absolute atomic E-state index is 0.380. The fourth-order valence-corrected chi connectivity index (χ4v) is 1.20. The molecule has 0 N–H and O–H groups in total. The van der Waals surface area contributed by atoms with Crippen LogP contribution in [0.3, 0.4) is 0 Å². The van der Waals surface area contributed by atoms with E-state index in [0.717, 1.165) is 6.29 Å². The topological polar surface area (TPSA) is 56.0 Å². The van der Waals surface area contributed by atoms with E-state index in [1.807, 2.05) is 6.07 Å². The number of benzene rings is 1. The van der Waals surface area contributed by atoms with E-state index in [9.17, 15) is 4.79 Å². The van der Waals surface area contributed by atoms with E-state index >= 15 is 0 Å². The molecule has 1 heterocycles. The van der Waals surface area contributed by atoms with E-state index < -0.39 is 0 Å². The summed E-state index contributed by atoms with van der Waals surface area (Å²) < 4.78 is 5.23. The molecule has 0 saturated carbocycles. The van der Waals surface area contributed by atoms with Gasteiger partial charge in [-0.2, -0.15) is 0 Å². The van der Waals surface area contributed by atoms with Crippen LogP contribution in [0.25, 0.3) is 11.5 Å². The van der Waals surface area contributed by atoms with Crippen LogP contribution >= 0.6 is 0 Å². The lowest BCUT2D eigenvalue weighted by molar-refractivity contribution is 0.112. The Labute approximate surface area is 80.6 Å². The quantitative estimate of drug-likeness (QED) is 0.675. The van der Waals surface area contributed by atoms with Gasteiger partial charge in [0.05, 0.1) is 0 Å². The lowest BCUT2D eigenvalue weighted by Gasteiger charge is -1.96. The van der Waals surface area contributed by atoms with Crippen molar-refractivity contribution in [2.75, 3.05) is 0 Å². The monoisotopic (exact) mass is 188 g/mol. The summed E-state index contributed by atoms with van der Waals surface area (Å²) in [6.45, 7) is 1.71. The number of aromatic nitrogens is 2. The van der Waals surface area contributed by atoms with Gasteiger partial charge in [-0.25, -0.2) is 0 Å². The highest BCUT2D eigenvalue weighted by atomic mass is 16.4. The van der Waals surface area contributed by atoms with Gasteiger partial charge in [-0.3, -0.25) is 4.79 Å². The highest BCUT2D eigenvalue weighted by molar-refractivity contribution is 5.85. The van der Waals surface area contributed by atoms with E-state index in [-0.39, 0.29) is 0 Å². The Hall–Kier alpha value is -1.97. The molecule has 0 aliphatic carbocycles. The zero-order chi connectivity index (χ0) is 9.97. The first-order valence-corrected chi connectivity index (χ1v) is 4.16. The van der Waals surface area contributed by atoms with Gasteiger partial charge in [0.2, 0.25) is 11.8 Å². The Morgan fingerprint density at radius 1 is 1.29 bits per heavy atom. The van der Waals surface area contributed by atoms with Gasteiger partial charge in [-0.15, -0.1) is 10.2 Å². The fourth-order valence-electron chi connectivity index (χ4n) is 1.20. The Kier molecular flexibility index (Phi) is 2.10. The average Bonchev–Trinajstić information content (AvgIpc) is 2.65. The van der Waals surface area contributed by atoms with Gasteiger partial charge in [0.25, 0.3) is 0 Å². The summed E-state index contributed by atoms with van der Waals surface area (Å²) in [5.74, 6) is 0.867. The van der Waals surface area contributed by atoms with Gasteiger partial charge in [-0.05, 0) is 6.07 Å². The molecule has 1 aromatic heterocycles. The molecule has 0 radical (unpaired) electrons. The number of hydrogen-bond donors (Lipinski definition) is 0. The molecule has 0 atom stereocenters. The fraction of sp³-hybridized carbons (Fsp3) is 0.100. The summed E-state index contributed by atoms with van der Waals surface area (Å²) in [7, 11) is 0. The highest BCUT2D eigenvalue weighted by Gasteiger charge is 2.09. The van der Waals surface area contributed by atoms with Crippen LogP contribution in [0.5, 0.6) is 0 Å².